The van der Waals surface area contributed by atoms with Crippen molar-refractivity contribution in [2.75, 3.05) is 17.2 Å². The summed E-state index contributed by atoms with van der Waals surface area (Å²) in [5.74, 6) is -0.613. The molecule has 3 aromatic carbocycles. The van der Waals surface area contributed by atoms with Crippen molar-refractivity contribution in [3.63, 3.8) is 0 Å². The zero-order chi connectivity index (χ0) is 23.8. The normalized spacial score (nSPS) is 10.8. The van der Waals surface area contributed by atoms with E-state index in [0.29, 0.717) is 32.7 Å². The Kier molecular flexibility index (Phi) is 8.09. The number of nitriles is 1. The third kappa shape index (κ3) is 6.84. The lowest BCUT2D eigenvalue weighted by Crippen LogP contribution is -2.20. The van der Waals surface area contributed by atoms with Gasteiger partial charge in [-0.05, 0) is 55.0 Å². The van der Waals surface area contributed by atoms with Crippen LogP contribution in [0.3, 0.4) is 0 Å². The maximum atomic E-state index is 12.6. The fraction of sp³-hybridized carbons (Fsp3) is 0.0800. The van der Waals surface area contributed by atoms with Crippen LogP contribution < -0.4 is 15.4 Å². The van der Waals surface area contributed by atoms with Gasteiger partial charge in [-0.3, -0.25) is 9.59 Å². The fourth-order valence-corrected chi connectivity index (χ4v) is 3.17. The predicted octanol–water partition coefficient (Wildman–Crippen LogP) is 5.87. The Morgan fingerprint density at radius 1 is 0.970 bits per heavy atom. The Labute approximate surface area is 201 Å². The minimum absolute atomic E-state index is 0.104. The lowest BCUT2D eigenvalue weighted by molar-refractivity contribution is -0.118. The zero-order valence-electron chi connectivity index (χ0n) is 17.6. The van der Waals surface area contributed by atoms with Crippen molar-refractivity contribution in [3.8, 4) is 11.8 Å². The lowest BCUT2D eigenvalue weighted by Gasteiger charge is -2.11. The van der Waals surface area contributed by atoms with Crippen LogP contribution in [0.15, 0.2) is 72.3 Å². The highest BCUT2D eigenvalue weighted by Crippen LogP contribution is 2.25. The Bertz CT molecular complexity index is 1270. The molecule has 2 amide bonds. The number of carbonyl (C=O) groups excluding carboxylic acids is 2. The molecule has 0 saturated heterocycles. The number of rotatable bonds is 7. The van der Waals surface area contributed by atoms with E-state index in [9.17, 15) is 14.9 Å². The first-order valence-corrected chi connectivity index (χ1v) is 10.6. The summed E-state index contributed by atoms with van der Waals surface area (Å²) in [6.07, 6.45) is 1.41. The summed E-state index contributed by atoms with van der Waals surface area (Å²) in [5, 5.41) is 15.6. The van der Waals surface area contributed by atoms with Crippen LogP contribution >= 0.6 is 23.2 Å². The molecule has 0 aromatic heterocycles. The van der Waals surface area contributed by atoms with Gasteiger partial charge in [0.2, 0.25) is 0 Å². The van der Waals surface area contributed by atoms with E-state index >= 15 is 0 Å². The van der Waals surface area contributed by atoms with Gasteiger partial charge in [-0.25, -0.2) is 0 Å². The molecule has 0 unspecified atom stereocenters. The number of anilines is 2. The molecule has 6 nitrogen and oxygen atoms in total. The van der Waals surface area contributed by atoms with Gasteiger partial charge in [0, 0.05) is 16.9 Å². The SMILES string of the molecule is Cc1cccc(NC(=O)/C(C#N)=C/c2ccccc2OCC(=O)Nc2ccc(Cl)c(Cl)c2)c1. The Morgan fingerprint density at radius 2 is 1.73 bits per heavy atom. The number of para-hydroxylation sites is 1. The lowest BCUT2D eigenvalue weighted by atomic mass is 10.1. The molecule has 0 aliphatic heterocycles. The molecule has 0 bridgehead atoms. The van der Waals surface area contributed by atoms with Crippen LogP contribution in [0.4, 0.5) is 11.4 Å². The van der Waals surface area contributed by atoms with Gasteiger partial charge >= 0.3 is 0 Å². The zero-order valence-corrected chi connectivity index (χ0v) is 19.1. The second kappa shape index (κ2) is 11.2. The molecule has 3 rings (SSSR count). The molecule has 0 spiro atoms. The van der Waals surface area contributed by atoms with Gasteiger partial charge in [0.05, 0.1) is 10.0 Å². The maximum Gasteiger partial charge on any atom is 0.266 e. The number of nitrogens with zero attached hydrogens (tertiary/aromatic N) is 1. The second-order valence-corrected chi connectivity index (χ2v) is 7.81. The van der Waals surface area contributed by atoms with E-state index in [2.05, 4.69) is 10.6 Å². The van der Waals surface area contributed by atoms with Crippen molar-refractivity contribution >= 4 is 52.5 Å². The van der Waals surface area contributed by atoms with E-state index in [4.69, 9.17) is 27.9 Å². The summed E-state index contributed by atoms with van der Waals surface area (Å²) in [6.45, 7) is 1.62. The van der Waals surface area contributed by atoms with Crippen LogP contribution in [0.25, 0.3) is 6.08 Å². The number of nitrogens with one attached hydrogen (secondary N) is 2. The van der Waals surface area contributed by atoms with Crippen molar-refractivity contribution < 1.29 is 14.3 Å². The highest BCUT2D eigenvalue weighted by atomic mass is 35.5. The first kappa shape index (κ1) is 23.9. The maximum absolute atomic E-state index is 12.6. The molecule has 0 aliphatic carbocycles. The van der Waals surface area contributed by atoms with Gasteiger partial charge in [-0.2, -0.15) is 5.26 Å². The van der Waals surface area contributed by atoms with Gasteiger partial charge in [0.1, 0.15) is 17.4 Å². The van der Waals surface area contributed by atoms with Crippen LogP contribution in [0.5, 0.6) is 5.75 Å². The number of hydrogen-bond acceptors (Lipinski definition) is 4. The largest absolute Gasteiger partial charge is 0.483 e. The molecule has 8 heteroatoms. The number of aryl methyl sites for hydroxylation is 1. The minimum Gasteiger partial charge on any atom is -0.483 e. The molecule has 0 saturated carbocycles. The summed E-state index contributed by atoms with van der Waals surface area (Å²) in [7, 11) is 0. The molecular weight excluding hydrogens is 461 g/mol. The summed E-state index contributed by atoms with van der Waals surface area (Å²) in [5.41, 5.74) is 2.42. The van der Waals surface area contributed by atoms with E-state index in [1.54, 1.807) is 48.5 Å². The number of amides is 2. The Morgan fingerprint density at radius 3 is 2.45 bits per heavy atom. The van der Waals surface area contributed by atoms with Gasteiger partial charge in [0.25, 0.3) is 11.8 Å². The van der Waals surface area contributed by atoms with E-state index in [-0.39, 0.29) is 12.2 Å². The second-order valence-electron chi connectivity index (χ2n) is 7.00. The molecule has 2 N–H and O–H groups in total. The molecule has 0 heterocycles. The highest BCUT2D eigenvalue weighted by molar-refractivity contribution is 6.42. The molecule has 0 radical (unpaired) electrons. The Balaban J connectivity index is 1.69. The van der Waals surface area contributed by atoms with Gasteiger partial charge < -0.3 is 15.4 Å². The van der Waals surface area contributed by atoms with Crippen molar-refractivity contribution in [3.05, 3.63) is 93.5 Å². The first-order chi connectivity index (χ1) is 15.9. The summed E-state index contributed by atoms with van der Waals surface area (Å²) in [6, 6.07) is 20.7. The predicted molar refractivity (Wildman–Crippen MR) is 130 cm³/mol. The van der Waals surface area contributed by atoms with E-state index < -0.39 is 11.8 Å². The molecule has 3 aromatic rings. The number of carbonyl (C=O) groups is 2. The van der Waals surface area contributed by atoms with Crippen LogP contribution in [0.2, 0.25) is 10.0 Å². The average Bonchev–Trinajstić information content (AvgIpc) is 2.79. The van der Waals surface area contributed by atoms with Crippen molar-refractivity contribution in [2.45, 2.75) is 6.92 Å². The third-order valence-corrected chi connectivity index (χ3v) is 5.16. The standard InChI is InChI=1S/C25H19Cl2N3O3/c1-16-5-4-7-19(11-16)30-25(32)18(14-28)12-17-6-2-3-8-23(17)33-15-24(31)29-20-9-10-21(26)22(27)13-20/h2-13H,15H2,1H3,(H,29,31)(H,30,32)/b18-12+. The molecule has 0 fully saturated rings. The highest BCUT2D eigenvalue weighted by Gasteiger charge is 2.12. The average molecular weight is 480 g/mol. The molecular formula is C25H19Cl2N3O3. The van der Waals surface area contributed by atoms with E-state index in [1.165, 1.54) is 12.1 Å². The molecule has 33 heavy (non-hydrogen) atoms. The number of ether oxygens (including phenoxy) is 1. The monoisotopic (exact) mass is 479 g/mol. The third-order valence-electron chi connectivity index (χ3n) is 4.42. The van der Waals surface area contributed by atoms with Gasteiger partial charge in [0.15, 0.2) is 6.61 Å². The van der Waals surface area contributed by atoms with Crippen molar-refractivity contribution in [2.24, 2.45) is 0 Å². The van der Waals surface area contributed by atoms with E-state index in [0.717, 1.165) is 5.56 Å². The molecule has 0 aliphatic rings. The smallest absolute Gasteiger partial charge is 0.266 e. The molecule has 166 valence electrons. The summed E-state index contributed by atoms with van der Waals surface area (Å²) >= 11 is 11.8. The quantitative estimate of drug-likeness (QED) is 0.327. The summed E-state index contributed by atoms with van der Waals surface area (Å²) in [4.78, 5) is 24.8. The number of benzene rings is 3. The Hall–Kier alpha value is -3.79. The van der Waals surface area contributed by atoms with Crippen molar-refractivity contribution in [1.29, 1.82) is 5.26 Å². The van der Waals surface area contributed by atoms with Crippen LogP contribution in [-0.4, -0.2) is 18.4 Å². The van der Waals surface area contributed by atoms with Crippen LogP contribution in [0.1, 0.15) is 11.1 Å². The van der Waals surface area contributed by atoms with Gasteiger partial charge in [-0.1, -0.05) is 53.5 Å². The first-order valence-electron chi connectivity index (χ1n) is 9.82. The number of hydrogen-bond donors (Lipinski definition) is 2. The summed E-state index contributed by atoms with van der Waals surface area (Å²) < 4.78 is 5.63. The van der Waals surface area contributed by atoms with Crippen LogP contribution in [0, 0.1) is 18.3 Å². The topological polar surface area (TPSA) is 91.2 Å². The van der Waals surface area contributed by atoms with Crippen molar-refractivity contribution in [1.82, 2.24) is 0 Å². The van der Waals surface area contributed by atoms with Gasteiger partial charge in [-0.15, -0.1) is 0 Å². The number of halogens is 2. The molecule has 0 atom stereocenters. The van der Waals surface area contributed by atoms with E-state index in [1.807, 2.05) is 25.1 Å². The van der Waals surface area contributed by atoms with Crippen LogP contribution in [-0.2, 0) is 9.59 Å². The minimum atomic E-state index is -0.546. The fourth-order valence-electron chi connectivity index (χ4n) is 2.87.